The first-order valence-electron chi connectivity index (χ1n) is 6.24. The lowest BCUT2D eigenvalue weighted by molar-refractivity contribution is 0.558. The van der Waals surface area contributed by atoms with E-state index in [1.54, 1.807) is 0 Å². The quantitative estimate of drug-likeness (QED) is 0.547. The van der Waals surface area contributed by atoms with Crippen molar-refractivity contribution < 1.29 is 0 Å². The first-order valence-corrected chi connectivity index (χ1v) is 6.24. The van der Waals surface area contributed by atoms with Gasteiger partial charge in [-0.05, 0) is 29.7 Å². The maximum atomic E-state index is 4.22. The summed E-state index contributed by atoms with van der Waals surface area (Å²) in [6, 6.07) is 18.5. The molecule has 2 aromatic heterocycles. The summed E-state index contributed by atoms with van der Waals surface area (Å²) in [4.78, 5) is 0. The minimum atomic E-state index is 0.675. The van der Waals surface area contributed by atoms with Gasteiger partial charge in [0.25, 0.3) is 0 Å². The van der Waals surface area contributed by atoms with Gasteiger partial charge in [-0.3, -0.25) is 0 Å². The predicted molar refractivity (Wildman–Crippen MR) is 74.9 cm³/mol. The molecule has 4 rings (SSSR count). The lowest BCUT2D eigenvalue weighted by Crippen LogP contribution is -2.08. The van der Waals surface area contributed by atoms with E-state index >= 15 is 0 Å². The molecule has 19 heavy (non-hydrogen) atoms. The maximum absolute atomic E-state index is 4.22. The lowest BCUT2D eigenvalue weighted by atomic mass is 10.2. The van der Waals surface area contributed by atoms with Crippen molar-refractivity contribution in [3.8, 4) is 0 Å². The van der Waals surface area contributed by atoms with E-state index in [0.29, 0.717) is 6.67 Å². The minimum Gasteiger partial charge on any atom is -0.327 e. The van der Waals surface area contributed by atoms with Crippen LogP contribution in [0.25, 0.3) is 21.9 Å². The number of benzene rings is 2. The predicted octanol–water partition coefficient (Wildman–Crippen LogP) is 2.89. The van der Waals surface area contributed by atoms with Crippen molar-refractivity contribution in [3.05, 3.63) is 60.8 Å². The van der Waals surface area contributed by atoms with Crippen LogP contribution in [0.4, 0.5) is 0 Å². The van der Waals surface area contributed by atoms with Gasteiger partial charge in [0.1, 0.15) is 12.2 Å². The smallest absolute Gasteiger partial charge is 0.118 e. The molecule has 92 valence electrons. The van der Waals surface area contributed by atoms with Crippen molar-refractivity contribution >= 4 is 21.9 Å². The van der Waals surface area contributed by atoms with Crippen molar-refractivity contribution in [2.75, 3.05) is 0 Å². The second-order valence-electron chi connectivity index (χ2n) is 4.56. The third kappa shape index (κ3) is 1.61. The normalized spacial score (nSPS) is 11.4. The fraction of sp³-hybridized carbons (Fsp3) is 0.0667. The van der Waals surface area contributed by atoms with Gasteiger partial charge < -0.3 is 4.57 Å². The molecule has 0 amide bonds. The highest BCUT2D eigenvalue weighted by Gasteiger charge is 2.05. The maximum Gasteiger partial charge on any atom is 0.118 e. The zero-order valence-electron chi connectivity index (χ0n) is 10.3. The highest BCUT2D eigenvalue weighted by atomic mass is 15.5. The summed E-state index contributed by atoms with van der Waals surface area (Å²) >= 11 is 0. The molecule has 0 fully saturated rings. The average molecular weight is 248 g/mol. The summed E-state index contributed by atoms with van der Waals surface area (Å²) in [6.45, 7) is 0.675. The molecule has 2 aromatic carbocycles. The van der Waals surface area contributed by atoms with E-state index in [4.69, 9.17) is 0 Å². The van der Waals surface area contributed by atoms with Gasteiger partial charge >= 0.3 is 0 Å². The second-order valence-corrected chi connectivity index (χ2v) is 4.56. The van der Waals surface area contributed by atoms with Crippen molar-refractivity contribution in [2.24, 2.45) is 0 Å². The van der Waals surface area contributed by atoms with Crippen LogP contribution in [0.1, 0.15) is 0 Å². The van der Waals surface area contributed by atoms with Gasteiger partial charge in [-0.1, -0.05) is 35.5 Å². The number of rotatable bonds is 2. The molecule has 0 unspecified atom stereocenters. The molecule has 0 bridgehead atoms. The number of hydrogen-bond donors (Lipinski definition) is 0. The van der Waals surface area contributed by atoms with Gasteiger partial charge in [0.15, 0.2) is 0 Å². The third-order valence-electron chi connectivity index (χ3n) is 3.39. The molecule has 4 aromatic rings. The molecule has 0 saturated heterocycles. The van der Waals surface area contributed by atoms with Crippen LogP contribution in [-0.4, -0.2) is 19.6 Å². The Kier molecular flexibility index (Phi) is 2.14. The van der Waals surface area contributed by atoms with E-state index in [-0.39, 0.29) is 0 Å². The van der Waals surface area contributed by atoms with Gasteiger partial charge in [-0.2, -0.15) is 0 Å². The van der Waals surface area contributed by atoms with Crippen molar-refractivity contribution in [2.45, 2.75) is 6.67 Å². The topological polar surface area (TPSA) is 35.6 Å². The molecule has 0 spiro atoms. The SMILES string of the molecule is c1ccc2c(c1)ccn2Cn1nnc2ccccc21. The lowest BCUT2D eigenvalue weighted by Gasteiger charge is -2.05. The standard InChI is InChI=1S/C15H12N4/c1-3-7-14-12(5-1)9-10-18(14)11-19-15-8-4-2-6-13(15)16-17-19/h1-10H,11H2. The number of aromatic nitrogens is 4. The summed E-state index contributed by atoms with van der Waals surface area (Å²) in [5, 5.41) is 9.64. The average Bonchev–Trinajstić information content (AvgIpc) is 3.05. The Bertz CT molecular complexity index is 784. The molecule has 4 heteroatoms. The molecule has 4 nitrogen and oxygen atoms in total. The van der Waals surface area contributed by atoms with Crippen LogP contribution in [0.2, 0.25) is 0 Å². The van der Waals surface area contributed by atoms with E-state index < -0.39 is 0 Å². The van der Waals surface area contributed by atoms with Crippen molar-refractivity contribution in [3.63, 3.8) is 0 Å². The van der Waals surface area contributed by atoms with Crippen molar-refractivity contribution in [1.82, 2.24) is 19.6 Å². The van der Waals surface area contributed by atoms with Crippen LogP contribution in [0.5, 0.6) is 0 Å². The van der Waals surface area contributed by atoms with Crippen LogP contribution in [0.3, 0.4) is 0 Å². The molecule has 0 atom stereocenters. The van der Waals surface area contributed by atoms with Crippen LogP contribution < -0.4 is 0 Å². The Labute approximate surface area is 109 Å². The summed E-state index contributed by atoms with van der Waals surface area (Å²) in [5.41, 5.74) is 3.20. The van der Waals surface area contributed by atoms with E-state index in [1.807, 2.05) is 28.9 Å². The van der Waals surface area contributed by atoms with Gasteiger partial charge in [0.2, 0.25) is 0 Å². The Morgan fingerprint density at radius 3 is 2.58 bits per heavy atom. The van der Waals surface area contributed by atoms with Crippen LogP contribution >= 0.6 is 0 Å². The number of hydrogen-bond acceptors (Lipinski definition) is 2. The molecular weight excluding hydrogens is 236 g/mol. The fourth-order valence-electron chi connectivity index (χ4n) is 2.43. The number of fused-ring (bicyclic) bond motifs is 2. The molecule has 0 aliphatic carbocycles. The molecule has 2 heterocycles. The summed E-state index contributed by atoms with van der Waals surface area (Å²) in [5.74, 6) is 0. The Morgan fingerprint density at radius 1 is 0.842 bits per heavy atom. The third-order valence-corrected chi connectivity index (χ3v) is 3.39. The van der Waals surface area contributed by atoms with Gasteiger partial charge in [-0.15, -0.1) is 5.10 Å². The Morgan fingerprint density at radius 2 is 1.63 bits per heavy atom. The summed E-state index contributed by atoms with van der Waals surface area (Å²) < 4.78 is 4.10. The minimum absolute atomic E-state index is 0.675. The number of nitrogens with zero attached hydrogens (tertiary/aromatic N) is 4. The first kappa shape index (κ1) is 10.3. The van der Waals surface area contributed by atoms with E-state index in [1.165, 1.54) is 10.9 Å². The van der Waals surface area contributed by atoms with E-state index in [2.05, 4.69) is 51.4 Å². The summed E-state index contributed by atoms with van der Waals surface area (Å²) in [6.07, 6.45) is 2.08. The van der Waals surface area contributed by atoms with E-state index in [9.17, 15) is 0 Å². The number of para-hydroxylation sites is 2. The zero-order chi connectivity index (χ0) is 12.7. The van der Waals surface area contributed by atoms with Crippen molar-refractivity contribution in [1.29, 1.82) is 0 Å². The Hall–Kier alpha value is -2.62. The Balaban J connectivity index is 1.82. The van der Waals surface area contributed by atoms with Gasteiger partial charge in [-0.25, -0.2) is 4.68 Å². The fourth-order valence-corrected chi connectivity index (χ4v) is 2.43. The largest absolute Gasteiger partial charge is 0.327 e. The molecule has 0 aliphatic rings. The monoisotopic (exact) mass is 248 g/mol. The first-order chi connectivity index (χ1) is 9.42. The molecule has 0 saturated carbocycles. The van der Waals surface area contributed by atoms with Gasteiger partial charge in [0.05, 0.1) is 5.52 Å². The van der Waals surface area contributed by atoms with E-state index in [0.717, 1.165) is 11.0 Å². The van der Waals surface area contributed by atoms with Crippen LogP contribution in [-0.2, 0) is 6.67 Å². The molecule has 0 aliphatic heterocycles. The molecule has 0 N–H and O–H groups in total. The zero-order valence-corrected chi connectivity index (χ0v) is 10.3. The van der Waals surface area contributed by atoms with Gasteiger partial charge in [0, 0.05) is 11.7 Å². The summed E-state index contributed by atoms with van der Waals surface area (Å²) in [7, 11) is 0. The highest BCUT2D eigenvalue weighted by Crippen LogP contribution is 2.16. The second kappa shape index (κ2) is 3.95. The van der Waals surface area contributed by atoms with Crippen LogP contribution in [0.15, 0.2) is 60.8 Å². The molecular formula is C15H12N4. The molecule has 0 radical (unpaired) electrons. The van der Waals surface area contributed by atoms with Crippen LogP contribution in [0, 0.1) is 0 Å². The highest BCUT2D eigenvalue weighted by molar-refractivity contribution is 5.80.